The summed E-state index contributed by atoms with van der Waals surface area (Å²) < 4.78 is -0.188. The van der Waals surface area contributed by atoms with Crippen LogP contribution in [0.25, 0.3) is 0 Å². The molecule has 0 saturated carbocycles. The van der Waals surface area contributed by atoms with E-state index in [0.717, 1.165) is 26.8 Å². The quantitative estimate of drug-likeness (QED) is 0.687. The maximum absolute atomic E-state index is 4.57. The first-order valence-corrected chi connectivity index (χ1v) is 9.94. The van der Waals surface area contributed by atoms with Gasteiger partial charge in [0, 0.05) is 0 Å². The van der Waals surface area contributed by atoms with E-state index in [-0.39, 0.29) is 4.75 Å². The standard InChI is InChI=1S/C16H19N3S3/c1-5-12-8-7-10-16(3,11-9-12)22-15-18-13(20-4)17-14(19-15)21-6-2/h5,7-11H,1,6H2,2-4H3. The van der Waals surface area contributed by atoms with Crippen molar-refractivity contribution in [1.29, 1.82) is 0 Å². The zero-order valence-electron chi connectivity index (χ0n) is 12.9. The topological polar surface area (TPSA) is 38.7 Å². The van der Waals surface area contributed by atoms with Crippen LogP contribution in [-0.2, 0) is 0 Å². The first-order valence-electron chi connectivity index (χ1n) is 6.91. The van der Waals surface area contributed by atoms with Crippen LogP contribution in [-0.4, -0.2) is 31.7 Å². The van der Waals surface area contributed by atoms with E-state index in [2.05, 4.69) is 65.8 Å². The second-order valence-corrected chi connectivity index (χ2v) is 8.12. The number of hydrogen-bond donors (Lipinski definition) is 0. The van der Waals surface area contributed by atoms with Crippen LogP contribution in [0.1, 0.15) is 13.8 Å². The van der Waals surface area contributed by atoms with Gasteiger partial charge in [-0.3, -0.25) is 0 Å². The summed E-state index contributed by atoms with van der Waals surface area (Å²) in [7, 11) is 0. The Balaban J connectivity index is 2.26. The Labute approximate surface area is 144 Å². The molecule has 0 spiro atoms. The molecule has 0 aliphatic heterocycles. The highest BCUT2D eigenvalue weighted by Crippen LogP contribution is 2.35. The Kier molecular flexibility index (Phi) is 6.35. The number of hydrogen-bond acceptors (Lipinski definition) is 6. The third-order valence-corrected chi connectivity index (χ3v) is 5.25. The van der Waals surface area contributed by atoms with E-state index in [9.17, 15) is 0 Å². The molecular formula is C16H19N3S3. The molecule has 0 N–H and O–H groups in total. The lowest BCUT2D eigenvalue weighted by Gasteiger charge is -2.19. The Bertz CT molecular complexity index is 638. The van der Waals surface area contributed by atoms with E-state index in [1.165, 1.54) is 0 Å². The van der Waals surface area contributed by atoms with Crippen LogP contribution in [0.3, 0.4) is 0 Å². The Hall–Kier alpha value is -0.980. The first kappa shape index (κ1) is 17.4. The highest BCUT2D eigenvalue weighted by Gasteiger charge is 2.22. The lowest BCUT2D eigenvalue weighted by atomic mass is 10.1. The van der Waals surface area contributed by atoms with Gasteiger partial charge in [-0.25, -0.2) is 0 Å². The van der Waals surface area contributed by atoms with Gasteiger partial charge in [-0.2, -0.15) is 15.0 Å². The maximum Gasteiger partial charge on any atom is 0.193 e. The second-order valence-electron chi connectivity index (χ2n) is 4.67. The fraction of sp³-hybridized carbons (Fsp3) is 0.312. The Morgan fingerprint density at radius 2 is 1.91 bits per heavy atom. The van der Waals surface area contributed by atoms with Crippen molar-refractivity contribution in [2.45, 2.75) is 34.1 Å². The minimum Gasteiger partial charge on any atom is -0.196 e. The van der Waals surface area contributed by atoms with Crippen LogP contribution in [0.15, 0.2) is 64.1 Å². The molecule has 1 aliphatic rings. The molecule has 1 aliphatic carbocycles. The molecule has 6 heteroatoms. The lowest BCUT2D eigenvalue weighted by Crippen LogP contribution is -2.13. The van der Waals surface area contributed by atoms with Gasteiger partial charge in [0.25, 0.3) is 0 Å². The first-order chi connectivity index (χ1) is 10.6. The molecule has 1 atom stereocenters. The van der Waals surface area contributed by atoms with Crippen molar-refractivity contribution in [1.82, 2.24) is 15.0 Å². The van der Waals surface area contributed by atoms with Crippen LogP contribution in [0, 0.1) is 0 Å². The van der Waals surface area contributed by atoms with Gasteiger partial charge in [0.15, 0.2) is 15.5 Å². The number of aromatic nitrogens is 3. The van der Waals surface area contributed by atoms with Crippen molar-refractivity contribution in [3.05, 3.63) is 48.6 Å². The van der Waals surface area contributed by atoms with Gasteiger partial charge in [-0.15, -0.1) is 0 Å². The molecule has 0 radical (unpaired) electrons. The summed E-state index contributed by atoms with van der Waals surface area (Å²) in [5.74, 6) is 0.950. The van der Waals surface area contributed by atoms with Gasteiger partial charge >= 0.3 is 0 Å². The lowest BCUT2D eigenvalue weighted by molar-refractivity contribution is 0.715. The summed E-state index contributed by atoms with van der Waals surface area (Å²) in [6.45, 7) is 8.06. The average Bonchev–Trinajstić information content (AvgIpc) is 2.68. The van der Waals surface area contributed by atoms with E-state index in [0.29, 0.717) is 0 Å². The smallest absolute Gasteiger partial charge is 0.193 e. The highest BCUT2D eigenvalue weighted by atomic mass is 32.2. The molecule has 116 valence electrons. The predicted octanol–water partition coefficient (Wildman–Crippen LogP) is 4.79. The van der Waals surface area contributed by atoms with Crippen molar-refractivity contribution >= 4 is 35.3 Å². The molecule has 3 nitrogen and oxygen atoms in total. The molecule has 0 bridgehead atoms. The molecule has 1 aromatic rings. The molecular weight excluding hydrogens is 330 g/mol. The maximum atomic E-state index is 4.57. The van der Waals surface area contributed by atoms with Crippen LogP contribution in [0.4, 0.5) is 0 Å². The summed E-state index contributed by atoms with van der Waals surface area (Å²) in [6, 6.07) is 0. The van der Waals surface area contributed by atoms with Crippen LogP contribution in [0.5, 0.6) is 0 Å². The van der Waals surface area contributed by atoms with E-state index < -0.39 is 0 Å². The van der Waals surface area contributed by atoms with Gasteiger partial charge in [0.1, 0.15) is 0 Å². The van der Waals surface area contributed by atoms with E-state index in [4.69, 9.17) is 0 Å². The summed E-state index contributed by atoms with van der Waals surface area (Å²) >= 11 is 4.82. The summed E-state index contributed by atoms with van der Waals surface area (Å²) in [5, 5.41) is 2.32. The Morgan fingerprint density at radius 1 is 1.18 bits per heavy atom. The molecule has 0 saturated heterocycles. The molecule has 0 aromatic carbocycles. The van der Waals surface area contributed by atoms with Gasteiger partial charge in [0.05, 0.1) is 4.75 Å². The highest BCUT2D eigenvalue weighted by molar-refractivity contribution is 8.01. The monoisotopic (exact) mass is 349 g/mol. The second kappa shape index (κ2) is 8.04. The zero-order valence-corrected chi connectivity index (χ0v) is 15.4. The van der Waals surface area contributed by atoms with Gasteiger partial charge in [-0.05, 0) is 24.5 Å². The van der Waals surface area contributed by atoms with Gasteiger partial charge in [-0.1, -0.05) is 85.2 Å². The summed E-state index contributed by atoms with van der Waals surface area (Å²) in [6.07, 6.45) is 14.3. The van der Waals surface area contributed by atoms with Crippen LogP contribution < -0.4 is 0 Å². The van der Waals surface area contributed by atoms with Crippen LogP contribution in [0.2, 0.25) is 0 Å². The van der Waals surface area contributed by atoms with E-state index in [1.54, 1.807) is 35.3 Å². The van der Waals surface area contributed by atoms with Gasteiger partial charge in [0.2, 0.25) is 0 Å². The number of thioether (sulfide) groups is 3. The van der Waals surface area contributed by atoms with E-state index in [1.807, 2.05) is 12.3 Å². The fourth-order valence-corrected chi connectivity index (χ4v) is 3.80. The summed E-state index contributed by atoms with van der Waals surface area (Å²) in [4.78, 5) is 13.5. The fourth-order valence-electron chi connectivity index (χ4n) is 1.77. The zero-order chi connectivity index (χ0) is 16.0. The van der Waals surface area contributed by atoms with E-state index >= 15 is 0 Å². The third kappa shape index (κ3) is 4.76. The molecule has 1 aromatic heterocycles. The van der Waals surface area contributed by atoms with Crippen molar-refractivity contribution in [2.75, 3.05) is 12.0 Å². The number of nitrogens with zero attached hydrogens (tertiary/aromatic N) is 3. The normalized spacial score (nSPS) is 20.6. The SMILES string of the molecule is C=CC1=CC=CC(C)(Sc2nc(SC)nc(SCC)n2)C=C1. The van der Waals surface area contributed by atoms with Gasteiger partial charge < -0.3 is 0 Å². The third-order valence-electron chi connectivity index (χ3n) is 2.90. The largest absolute Gasteiger partial charge is 0.196 e. The number of rotatable bonds is 6. The van der Waals surface area contributed by atoms with Crippen LogP contribution >= 0.6 is 35.3 Å². The molecule has 1 heterocycles. The molecule has 2 rings (SSSR count). The number of allylic oxidation sites excluding steroid dienone is 5. The van der Waals surface area contributed by atoms with Crippen molar-refractivity contribution in [2.24, 2.45) is 0 Å². The summed E-state index contributed by atoms with van der Waals surface area (Å²) in [5.41, 5.74) is 1.10. The predicted molar refractivity (Wildman–Crippen MR) is 98.8 cm³/mol. The molecule has 1 unspecified atom stereocenters. The minimum atomic E-state index is -0.188. The molecule has 0 fully saturated rings. The molecule has 0 amide bonds. The van der Waals surface area contributed by atoms with Crippen molar-refractivity contribution in [3.63, 3.8) is 0 Å². The van der Waals surface area contributed by atoms with Crippen molar-refractivity contribution < 1.29 is 0 Å². The minimum absolute atomic E-state index is 0.188. The molecule has 22 heavy (non-hydrogen) atoms. The van der Waals surface area contributed by atoms with Crippen molar-refractivity contribution in [3.8, 4) is 0 Å². The average molecular weight is 350 g/mol. The Morgan fingerprint density at radius 3 is 2.59 bits per heavy atom.